The lowest BCUT2D eigenvalue weighted by molar-refractivity contribution is 0.205. The number of aliphatic hydroxyl groups excluding tert-OH is 1. The molecule has 1 heterocycles. The minimum absolute atomic E-state index is 0.0333. The Kier molecular flexibility index (Phi) is 7.08. The van der Waals surface area contributed by atoms with Crippen molar-refractivity contribution in [2.75, 3.05) is 13.2 Å². The maximum Gasteiger partial charge on any atom is 0.315 e. The summed E-state index contributed by atoms with van der Waals surface area (Å²) in [6, 6.07) is 1.47. The second kappa shape index (κ2) is 8.58. The van der Waals surface area contributed by atoms with Crippen molar-refractivity contribution >= 4 is 6.03 Å². The number of urea groups is 1. The van der Waals surface area contributed by atoms with E-state index in [0.717, 1.165) is 13.0 Å². The van der Waals surface area contributed by atoms with E-state index in [-0.39, 0.29) is 18.7 Å². The first kappa shape index (κ1) is 16.5. The lowest BCUT2D eigenvalue weighted by atomic mass is 10.0. The van der Waals surface area contributed by atoms with Crippen LogP contribution in [0.25, 0.3) is 0 Å². The maximum atomic E-state index is 11.7. The normalized spacial score (nSPS) is 14.1. The highest BCUT2D eigenvalue weighted by molar-refractivity contribution is 5.74. The zero-order chi connectivity index (χ0) is 15.0. The van der Waals surface area contributed by atoms with Crippen LogP contribution in [0, 0.1) is 11.8 Å². The van der Waals surface area contributed by atoms with E-state index >= 15 is 0 Å². The van der Waals surface area contributed by atoms with Crippen molar-refractivity contribution in [1.82, 2.24) is 20.4 Å². The van der Waals surface area contributed by atoms with Gasteiger partial charge in [0.1, 0.15) is 0 Å². The third kappa shape index (κ3) is 6.56. The molecule has 0 fully saturated rings. The van der Waals surface area contributed by atoms with Crippen molar-refractivity contribution in [2.45, 2.75) is 39.8 Å². The van der Waals surface area contributed by atoms with Gasteiger partial charge in [-0.2, -0.15) is 5.10 Å². The topological polar surface area (TPSA) is 79.2 Å². The van der Waals surface area contributed by atoms with Crippen molar-refractivity contribution < 1.29 is 9.90 Å². The molecule has 6 nitrogen and oxygen atoms in total. The summed E-state index contributed by atoms with van der Waals surface area (Å²) in [6.07, 6.45) is 4.42. The Hall–Kier alpha value is -1.56. The van der Waals surface area contributed by atoms with Crippen molar-refractivity contribution in [1.29, 1.82) is 0 Å². The number of hydrogen-bond donors (Lipinski definition) is 3. The van der Waals surface area contributed by atoms with E-state index in [1.807, 2.05) is 16.9 Å². The first-order valence-electron chi connectivity index (χ1n) is 7.14. The fourth-order valence-electron chi connectivity index (χ4n) is 2.04. The molecule has 2 amide bonds. The first-order valence-corrected chi connectivity index (χ1v) is 7.14. The van der Waals surface area contributed by atoms with Crippen LogP contribution < -0.4 is 10.6 Å². The van der Waals surface area contributed by atoms with Crippen LogP contribution in [0.15, 0.2) is 18.5 Å². The Bertz CT molecular complexity index is 379. The zero-order valence-electron chi connectivity index (χ0n) is 12.5. The van der Waals surface area contributed by atoms with Crippen molar-refractivity contribution in [3.05, 3.63) is 18.5 Å². The van der Waals surface area contributed by atoms with E-state index in [2.05, 4.69) is 36.5 Å². The van der Waals surface area contributed by atoms with E-state index in [4.69, 9.17) is 0 Å². The minimum atomic E-state index is -0.225. The number of aliphatic hydroxyl groups is 1. The largest absolute Gasteiger partial charge is 0.394 e. The Labute approximate surface area is 120 Å². The molecule has 0 saturated carbocycles. The van der Waals surface area contributed by atoms with Gasteiger partial charge >= 0.3 is 6.03 Å². The summed E-state index contributed by atoms with van der Waals surface area (Å²) in [6.45, 7) is 7.49. The molecule has 0 radical (unpaired) electrons. The average Bonchev–Trinajstić information content (AvgIpc) is 2.87. The molecule has 1 rings (SSSR count). The van der Waals surface area contributed by atoms with Gasteiger partial charge in [0, 0.05) is 25.5 Å². The van der Waals surface area contributed by atoms with E-state index in [9.17, 15) is 9.90 Å². The van der Waals surface area contributed by atoms with E-state index in [1.165, 1.54) is 0 Å². The zero-order valence-corrected chi connectivity index (χ0v) is 12.5. The lowest BCUT2D eigenvalue weighted by Crippen LogP contribution is -2.45. The fraction of sp³-hybridized carbons (Fsp3) is 0.714. The Morgan fingerprint density at radius 3 is 2.70 bits per heavy atom. The van der Waals surface area contributed by atoms with Gasteiger partial charge in [0.05, 0.1) is 12.6 Å². The molecule has 0 aliphatic carbocycles. The third-order valence-electron chi connectivity index (χ3n) is 2.98. The molecule has 0 aliphatic rings. The molecule has 114 valence electrons. The SMILES string of the molecule is CC(C)CC(CO)NC(=O)NCC(C)Cn1cccn1. The third-order valence-corrected chi connectivity index (χ3v) is 2.98. The van der Waals surface area contributed by atoms with Crippen LogP contribution in [0.2, 0.25) is 0 Å². The van der Waals surface area contributed by atoms with Gasteiger partial charge in [0.15, 0.2) is 0 Å². The highest BCUT2D eigenvalue weighted by atomic mass is 16.3. The van der Waals surface area contributed by atoms with Crippen LogP contribution in [0.3, 0.4) is 0 Å². The maximum absolute atomic E-state index is 11.7. The second-order valence-corrected chi connectivity index (χ2v) is 5.70. The van der Waals surface area contributed by atoms with Gasteiger partial charge in [-0.05, 0) is 24.3 Å². The monoisotopic (exact) mass is 282 g/mol. The van der Waals surface area contributed by atoms with Crippen molar-refractivity contribution in [3.63, 3.8) is 0 Å². The molecule has 2 unspecified atom stereocenters. The number of nitrogens with zero attached hydrogens (tertiary/aromatic N) is 2. The van der Waals surface area contributed by atoms with Gasteiger partial charge in [-0.25, -0.2) is 4.79 Å². The Balaban J connectivity index is 2.24. The average molecular weight is 282 g/mol. The van der Waals surface area contributed by atoms with Gasteiger partial charge in [0.25, 0.3) is 0 Å². The second-order valence-electron chi connectivity index (χ2n) is 5.70. The summed E-state index contributed by atoms with van der Waals surface area (Å²) < 4.78 is 1.85. The first-order chi connectivity index (χ1) is 9.51. The van der Waals surface area contributed by atoms with Gasteiger partial charge in [-0.1, -0.05) is 20.8 Å². The smallest absolute Gasteiger partial charge is 0.315 e. The molecule has 20 heavy (non-hydrogen) atoms. The van der Waals surface area contributed by atoms with Crippen LogP contribution in [0.4, 0.5) is 4.79 Å². The van der Waals surface area contributed by atoms with Crippen LogP contribution in [-0.2, 0) is 6.54 Å². The number of amides is 2. The number of aromatic nitrogens is 2. The Morgan fingerprint density at radius 2 is 2.15 bits per heavy atom. The minimum Gasteiger partial charge on any atom is -0.394 e. The van der Waals surface area contributed by atoms with Gasteiger partial charge in [-0.3, -0.25) is 4.68 Å². The molecule has 0 saturated heterocycles. The Morgan fingerprint density at radius 1 is 1.40 bits per heavy atom. The van der Waals surface area contributed by atoms with E-state index in [0.29, 0.717) is 18.4 Å². The van der Waals surface area contributed by atoms with Crippen LogP contribution in [0.1, 0.15) is 27.2 Å². The standard InChI is InChI=1S/C14H26N4O2/c1-11(2)7-13(10-19)17-14(20)15-8-12(3)9-18-6-4-5-16-18/h4-6,11-13,19H,7-10H2,1-3H3,(H2,15,17,20). The summed E-state index contributed by atoms with van der Waals surface area (Å²) in [5.74, 6) is 0.726. The molecule has 1 aromatic heterocycles. The van der Waals surface area contributed by atoms with E-state index < -0.39 is 0 Å². The molecule has 1 aromatic rings. The van der Waals surface area contributed by atoms with Crippen LogP contribution in [0.5, 0.6) is 0 Å². The molecular weight excluding hydrogens is 256 g/mol. The summed E-state index contributed by atoms with van der Waals surface area (Å²) in [7, 11) is 0. The summed E-state index contributed by atoms with van der Waals surface area (Å²) >= 11 is 0. The number of nitrogens with one attached hydrogen (secondary N) is 2. The molecule has 0 bridgehead atoms. The summed E-state index contributed by atoms with van der Waals surface area (Å²) in [5, 5.41) is 19.0. The number of rotatable bonds is 8. The van der Waals surface area contributed by atoms with Crippen LogP contribution >= 0.6 is 0 Å². The number of carbonyl (C=O) groups is 1. The molecule has 2 atom stereocenters. The highest BCUT2D eigenvalue weighted by Gasteiger charge is 2.13. The highest BCUT2D eigenvalue weighted by Crippen LogP contribution is 2.04. The van der Waals surface area contributed by atoms with Gasteiger partial charge < -0.3 is 15.7 Å². The van der Waals surface area contributed by atoms with E-state index in [1.54, 1.807) is 6.20 Å². The summed E-state index contributed by atoms with van der Waals surface area (Å²) in [5.41, 5.74) is 0. The predicted octanol–water partition coefficient (Wildman–Crippen LogP) is 1.23. The predicted molar refractivity (Wildman–Crippen MR) is 78.3 cm³/mol. The fourth-order valence-corrected chi connectivity index (χ4v) is 2.04. The molecule has 3 N–H and O–H groups in total. The van der Waals surface area contributed by atoms with Crippen molar-refractivity contribution in [3.8, 4) is 0 Å². The number of carbonyl (C=O) groups excluding carboxylic acids is 1. The molecule has 0 aromatic carbocycles. The quantitative estimate of drug-likeness (QED) is 0.671. The summed E-state index contributed by atoms with van der Waals surface area (Å²) in [4.78, 5) is 11.7. The van der Waals surface area contributed by atoms with Crippen LogP contribution in [-0.4, -0.2) is 40.1 Å². The van der Waals surface area contributed by atoms with Crippen molar-refractivity contribution in [2.24, 2.45) is 11.8 Å². The molecular formula is C14H26N4O2. The molecule has 0 aliphatic heterocycles. The van der Waals surface area contributed by atoms with Gasteiger partial charge in [-0.15, -0.1) is 0 Å². The van der Waals surface area contributed by atoms with Gasteiger partial charge in [0.2, 0.25) is 0 Å². The molecule has 6 heteroatoms. The number of hydrogen-bond acceptors (Lipinski definition) is 3. The lowest BCUT2D eigenvalue weighted by Gasteiger charge is -2.19. The molecule has 0 spiro atoms.